The second-order valence-corrected chi connectivity index (χ2v) is 7.60. The third-order valence-electron chi connectivity index (χ3n) is 5.28. The molecule has 1 aliphatic heterocycles. The van der Waals surface area contributed by atoms with Gasteiger partial charge < -0.3 is 19.9 Å². The molecule has 0 spiro atoms. The molecule has 1 saturated heterocycles. The molecule has 1 aromatic carbocycles. The van der Waals surface area contributed by atoms with Gasteiger partial charge in [0.2, 0.25) is 0 Å². The van der Waals surface area contributed by atoms with Gasteiger partial charge >= 0.3 is 6.03 Å². The first kappa shape index (κ1) is 21.5. The van der Waals surface area contributed by atoms with Crippen molar-refractivity contribution in [2.24, 2.45) is 0 Å². The van der Waals surface area contributed by atoms with Crippen molar-refractivity contribution in [3.63, 3.8) is 0 Å². The molecule has 0 aliphatic carbocycles. The van der Waals surface area contributed by atoms with Crippen molar-refractivity contribution >= 4 is 11.7 Å². The Bertz CT molecular complexity index is 1060. The summed E-state index contributed by atoms with van der Waals surface area (Å²) in [5.74, 6) is 1.47. The Morgan fingerprint density at radius 3 is 2.56 bits per heavy atom. The van der Waals surface area contributed by atoms with E-state index in [4.69, 9.17) is 4.74 Å². The zero-order chi connectivity index (χ0) is 22.5. The Morgan fingerprint density at radius 1 is 1.09 bits per heavy atom. The van der Waals surface area contributed by atoms with Crippen molar-refractivity contribution in [2.45, 2.75) is 27.3 Å². The van der Waals surface area contributed by atoms with Gasteiger partial charge in [-0.3, -0.25) is 9.97 Å². The second kappa shape index (κ2) is 9.63. The molecule has 0 atom stereocenters. The van der Waals surface area contributed by atoms with Crippen LogP contribution in [0.3, 0.4) is 0 Å². The number of urea groups is 1. The van der Waals surface area contributed by atoms with Gasteiger partial charge in [-0.05, 0) is 32.9 Å². The SMILES string of the molecule is CCOc1cc(N2CCN(C(=O)NCc3cnc(C)cn3)CC2)ccc1-n1cnc(C)n1. The zero-order valence-corrected chi connectivity index (χ0v) is 18.7. The summed E-state index contributed by atoms with van der Waals surface area (Å²) in [4.78, 5) is 29.3. The maximum absolute atomic E-state index is 12.5. The van der Waals surface area contributed by atoms with Crippen molar-refractivity contribution in [3.8, 4) is 11.4 Å². The first-order chi connectivity index (χ1) is 15.5. The standard InChI is InChI=1S/C22H28N8O2/c1-4-32-21-11-19(5-6-20(21)30-15-26-17(3)27-30)28-7-9-29(10-8-28)22(31)25-14-18-13-23-16(2)12-24-18/h5-6,11-13,15H,4,7-10,14H2,1-3H3,(H,25,31). The average Bonchev–Trinajstić information content (AvgIpc) is 3.25. The molecule has 168 valence electrons. The lowest BCUT2D eigenvalue weighted by Gasteiger charge is -2.36. The van der Waals surface area contributed by atoms with Crippen LogP contribution in [-0.4, -0.2) is 68.4 Å². The van der Waals surface area contributed by atoms with Gasteiger partial charge in [0.15, 0.2) is 0 Å². The first-order valence-corrected chi connectivity index (χ1v) is 10.7. The number of nitrogens with zero attached hydrogens (tertiary/aromatic N) is 7. The van der Waals surface area contributed by atoms with E-state index in [1.54, 1.807) is 23.4 Å². The first-order valence-electron chi connectivity index (χ1n) is 10.7. The minimum absolute atomic E-state index is 0.0843. The molecule has 1 aliphatic rings. The van der Waals surface area contributed by atoms with E-state index in [-0.39, 0.29) is 6.03 Å². The lowest BCUT2D eigenvalue weighted by molar-refractivity contribution is 0.193. The molecule has 10 nitrogen and oxygen atoms in total. The molecule has 0 unspecified atom stereocenters. The van der Waals surface area contributed by atoms with E-state index in [1.807, 2.05) is 37.8 Å². The second-order valence-electron chi connectivity index (χ2n) is 7.60. The number of piperazine rings is 1. The number of rotatable bonds is 6. The highest BCUT2D eigenvalue weighted by molar-refractivity contribution is 5.74. The molecule has 3 aromatic rings. The number of nitrogens with one attached hydrogen (secondary N) is 1. The summed E-state index contributed by atoms with van der Waals surface area (Å²) in [5.41, 5.74) is 3.51. The van der Waals surface area contributed by atoms with Crippen LogP contribution in [0.5, 0.6) is 5.75 Å². The zero-order valence-electron chi connectivity index (χ0n) is 18.7. The number of aromatic nitrogens is 5. The number of hydrogen-bond acceptors (Lipinski definition) is 7. The molecule has 10 heteroatoms. The smallest absolute Gasteiger partial charge is 0.317 e. The summed E-state index contributed by atoms with van der Waals surface area (Å²) >= 11 is 0. The van der Waals surface area contributed by atoms with Gasteiger partial charge in [-0.25, -0.2) is 14.5 Å². The fourth-order valence-corrected chi connectivity index (χ4v) is 3.58. The van der Waals surface area contributed by atoms with E-state index in [9.17, 15) is 4.79 Å². The molecule has 0 bridgehead atoms. The van der Waals surface area contributed by atoms with Gasteiger partial charge in [0, 0.05) is 44.1 Å². The Balaban J connectivity index is 1.36. The summed E-state index contributed by atoms with van der Waals surface area (Å²) in [6.45, 7) is 9.39. The number of carbonyl (C=O) groups excluding carboxylic acids is 1. The number of amides is 2. The van der Waals surface area contributed by atoms with Crippen LogP contribution in [0, 0.1) is 13.8 Å². The molecule has 2 amide bonds. The van der Waals surface area contributed by atoms with E-state index < -0.39 is 0 Å². The molecule has 0 saturated carbocycles. The molecular formula is C22H28N8O2. The molecule has 2 aromatic heterocycles. The molecule has 0 radical (unpaired) electrons. The number of carbonyl (C=O) groups is 1. The largest absolute Gasteiger partial charge is 0.492 e. The van der Waals surface area contributed by atoms with Crippen LogP contribution < -0.4 is 15.0 Å². The van der Waals surface area contributed by atoms with Crippen LogP contribution in [0.4, 0.5) is 10.5 Å². The lowest BCUT2D eigenvalue weighted by Crippen LogP contribution is -2.51. The van der Waals surface area contributed by atoms with Crippen molar-refractivity contribution < 1.29 is 9.53 Å². The van der Waals surface area contributed by atoms with E-state index in [0.717, 1.165) is 41.6 Å². The van der Waals surface area contributed by atoms with Gasteiger partial charge in [0.1, 0.15) is 23.6 Å². The Morgan fingerprint density at radius 2 is 1.91 bits per heavy atom. The molecule has 3 heterocycles. The number of ether oxygens (including phenoxy) is 1. The van der Waals surface area contributed by atoms with Gasteiger partial charge in [-0.1, -0.05) is 0 Å². The number of aryl methyl sites for hydroxylation is 2. The maximum Gasteiger partial charge on any atom is 0.317 e. The van der Waals surface area contributed by atoms with Gasteiger partial charge in [0.05, 0.1) is 30.7 Å². The molecule has 1 N–H and O–H groups in total. The van der Waals surface area contributed by atoms with Crippen LogP contribution in [-0.2, 0) is 6.54 Å². The lowest BCUT2D eigenvalue weighted by atomic mass is 10.2. The van der Waals surface area contributed by atoms with Crippen molar-refractivity contribution in [3.05, 3.63) is 54.1 Å². The minimum Gasteiger partial charge on any atom is -0.492 e. The van der Waals surface area contributed by atoms with Gasteiger partial charge in [0.25, 0.3) is 0 Å². The van der Waals surface area contributed by atoms with Crippen LogP contribution in [0.1, 0.15) is 24.1 Å². The number of benzene rings is 1. The highest BCUT2D eigenvalue weighted by Gasteiger charge is 2.22. The summed E-state index contributed by atoms with van der Waals surface area (Å²) in [7, 11) is 0. The highest BCUT2D eigenvalue weighted by Crippen LogP contribution is 2.29. The number of anilines is 1. The third kappa shape index (κ3) is 4.96. The predicted molar refractivity (Wildman–Crippen MR) is 120 cm³/mol. The topological polar surface area (TPSA) is 101 Å². The van der Waals surface area contributed by atoms with Crippen LogP contribution >= 0.6 is 0 Å². The Labute approximate surface area is 187 Å². The van der Waals surface area contributed by atoms with Crippen LogP contribution in [0.15, 0.2) is 36.9 Å². The Hall–Kier alpha value is -3.69. The van der Waals surface area contributed by atoms with Crippen LogP contribution in [0.25, 0.3) is 5.69 Å². The normalized spacial score (nSPS) is 13.8. The quantitative estimate of drug-likeness (QED) is 0.631. The molecule has 4 rings (SSSR count). The van der Waals surface area contributed by atoms with E-state index in [2.05, 4.69) is 36.3 Å². The maximum atomic E-state index is 12.5. The Kier molecular flexibility index (Phi) is 6.48. The molecule has 32 heavy (non-hydrogen) atoms. The monoisotopic (exact) mass is 436 g/mol. The van der Waals surface area contributed by atoms with E-state index in [1.165, 1.54) is 0 Å². The van der Waals surface area contributed by atoms with E-state index >= 15 is 0 Å². The molecule has 1 fully saturated rings. The summed E-state index contributed by atoms with van der Waals surface area (Å²) in [5, 5.41) is 7.32. The average molecular weight is 437 g/mol. The van der Waals surface area contributed by atoms with Crippen LogP contribution in [0.2, 0.25) is 0 Å². The summed E-state index contributed by atoms with van der Waals surface area (Å²) < 4.78 is 7.60. The fraction of sp³-hybridized carbons (Fsp3) is 0.409. The third-order valence-corrected chi connectivity index (χ3v) is 5.28. The number of hydrogen-bond donors (Lipinski definition) is 1. The van der Waals surface area contributed by atoms with Gasteiger partial charge in [-0.15, -0.1) is 0 Å². The molecular weight excluding hydrogens is 408 g/mol. The summed E-state index contributed by atoms with van der Waals surface area (Å²) in [6, 6.07) is 6.00. The predicted octanol–water partition coefficient (Wildman–Crippen LogP) is 2.10. The fourth-order valence-electron chi connectivity index (χ4n) is 3.58. The van der Waals surface area contributed by atoms with Crippen molar-refractivity contribution in [1.82, 2.24) is 34.9 Å². The van der Waals surface area contributed by atoms with E-state index in [0.29, 0.717) is 32.1 Å². The van der Waals surface area contributed by atoms with Crippen molar-refractivity contribution in [2.75, 3.05) is 37.7 Å². The minimum atomic E-state index is -0.0843. The van der Waals surface area contributed by atoms with Crippen molar-refractivity contribution in [1.29, 1.82) is 0 Å². The highest BCUT2D eigenvalue weighted by atomic mass is 16.5. The summed E-state index contributed by atoms with van der Waals surface area (Å²) in [6.07, 6.45) is 5.08. The van der Waals surface area contributed by atoms with Gasteiger partial charge in [-0.2, -0.15) is 5.10 Å².